The number of nitrogens with zero attached hydrogens (tertiary/aromatic N) is 3. The number of hydrogen-bond donors (Lipinski definition) is 0. The van der Waals surface area contributed by atoms with Gasteiger partial charge in [0.2, 0.25) is 0 Å². The molecular formula is C7H5N3O2Se. The molecule has 0 unspecified atom stereocenters. The molecule has 0 saturated heterocycles. The van der Waals surface area contributed by atoms with E-state index in [0.29, 0.717) is 16.7 Å². The van der Waals surface area contributed by atoms with Crippen LogP contribution in [0.1, 0.15) is 10.4 Å². The third kappa shape index (κ3) is 1.46. The Hall–Kier alpha value is -1.26. The van der Waals surface area contributed by atoms with Gasteiger partial charge in [0.15, 0.2) is 0 Å². The summed E-state index contributed by atoms with van der Waals surface area (Å²) in [6, 6.07) is 1.65. The maximum absolute atomic E-state index is 11.1. The summed E-state index contributed by atoms with van der Waals surface area (Å²) in [5.74, 6) is -0.398. The van der Waals surface area contributed by atoms with Crippen molar-refractivity contribution in [2.75, 3.05) is 7.11 Å². The third-order valence-electron chi connectivity index (χ3n) is 1.53. The van der Waals surface area contributed by atoms with E-state index in [4.69, 9.17) is 0 Å². The molecule has 0 saturated carbocycles. The molecular weight excluding hydrogens is 237 g/mol. The second kappa shape index (κ2) is 3.24. The molecule has 0 radical (unpaired) electrons. The number of ether oxygens (including phenoxy) is 1. The number of pyridine rings is 1. The Balaban J connectivity index is 2.54. The Labute approximate surface area is 80.0 Å². The zero-order valence-electron chi connectivity index (χ0n) is 6.72. The number of carbonyl (C=O) groups is 1. The van der Waals surface area contributed by atoms with Gasteiger partial charge in [-0.15, -0.1) is 0 Å². The Bertz CT molecular complexity index is 454. The first kappa shape index (κ1) is 8.34. The van der Waals surface area contributed by atoms with Gasteiger partial charge in [0.05, 0.1) is 0 Å². The number of methoxy groups -OCH3 is 1. The van der Waals surface area contributed by atoms with Crippen LogP contribution < -0.4 is 0 Å². The molecule has 6 heteroatoms. The van der Waals surface area contributed by atoms with Crippen molar-refractivity contribution in [2.45, 2.75) is 0 Å². The van der Waals surface area contributed by atoms with E-state index in [1.807, 2.05) is 0 Å². The third-order valence-corrected chi connectivity index (χ3v) is 2.65. The van der Waals surface area contributed by atoms with Crippen molar-refractivity contribution >= 4 is 32.1 Å². The number of esters is 1. The van der Waals surface area contributed by atoms with Crippen LogP contribution in [0.15, 0.2) is 12.3 Å². The summed E-state index contributed by atoms with van der Waals surface area (Å²) in [5.41, 5.74) is 1.72. The van der Waals surface area contributed by atoms with Crippen LogP contribution >= 0.6 is 0 Å². The van der Waals surface area contributed by atoms with Crippen molar-refractivity contribution in [3.63, 3.8) is 0 Å². The minimum atomic E-state index is -0.398. The van der Waals surface area contributed by atoms with E-state index in [-0.39, 0.29) is 15.0 Å². The number of rotatable bonds is 1. The van der Waals surface area contributed by atoms with E-state index < -0.39 is 5.97 Å². The van der Waals surface area contributed by atoms with Gasteiger partial charge in [-0.2, -0.15) is 0 Å². The maximum atomic E-state index is 11.1. The molecule has 66 valence electrons. The quantitative estimate of drug-likeness (QED) is 0.514. The van der Waals surface area contributed by atoms with Crippen LogP contribution in [0.4, 0.5) is 0 Å². The molecule has 0 aromatic carbocycles. The molecule has 0 amide bonds. The molecule has 0 aliphatic heterocycles. The van der Waals surface area contributed by atoms with Gasteiger partial charge >= 0.3 is 79.5 Å². The Morgan fingerprint density at radius 1 is 1.54 bits per heavy atom. The van der Waals surface area contributed by atoms with E-state index in [1.54, 1.807) is 6.07 Å². The van der Waals surface area contributed by atoms with Crippen molar-refractivity contribution in [3.05, 3.63) is 17.8 Å². The SMILES string of the molecule is COC(=O)c1cnc2n[se]nc2c1. The monoisotopic (exact) mass is 243 g/mol. The predicted octanol–water partition coefficient (Wildman–Crippen LogP) is -0.132. The fraction of sp³-hybridized carbons (Fsp3) is 0.143. The van der Waals surface area contributed by atoms with E-state index in [9.17, 15) is 4.79 Å². The number of hydrogen-bond acceptors (Lipinski definition) is 5. The van der Waals surface area contributed by atoms with Crippen LogP contribution in [-0.2, 0) is 4.74 Å². The first-order valence-corrected chi connectivity index (χ1v) is 5.01. The number of carbonyl (C=O) groups excluding carboxylic acids is 1. The molecule has 2 heterocycles. The summed E-state index contributed by atoms with van der Waals surface area (Å²) < 4.78 is 12.7. The molecule has 0 aliphatic rings. The summed E-state index contributed by atoms with van der Waals surface area (Å²) in [7, 11) is 1.33. The standard InChI is InChI=1S/C7H5N3O2Se/c1-12-7(11)4-2-5-6(8-3-4)10-13-9-5/h2-3H,1H3. The van der Waals surface area contributed by atoms with Gasteiger partial charge in [-0.3, -0.25) is 0 Å². The second-order valence-corrected chi connectivity index (χ2v) is 3.43. The zero-order valence-corrected chi connectivity index (χ0v) is 8.43. The van der Waals surface area contributed by atoms with Gasteiger partial charge in [-0.05, 0) is 0 Å². The molecule has 2 aromatic heterocycles. The molecule has 13 heavy (non-hydrogen) atoms. The Morgan fingerprint density at radius 3 is 3.15 bits per heavy atom. The predicted molar refractivity (Wildman–Crippen MR) is 45.6 cm³/mol. The number of fused-ring (bicyclic) bond motifs is 1. The summed E-state index contributed by atoms with van der Waals surface area (Å²) in [4.78, 5) is 15.1. The molecule has 5 nitrogen and oxygen atoms in total. The van der Waals surface area contributed by atoms with Crippen LogP contribution in [0, 0.1) is 0 Å². The number of aromatic nitrogens is 3. The minimum absolute atomic E-state index is 0.107. The van der Waals surface area contributed by atoms with Crippen LogP contribution in [0.25, 0.3) is 11.2 Å². The van der Waals surface area contributed by atoms with Crippen molar-refractivity contribution in [3.8, 4) is 0 Å². The fourth-order valence-electron chi connectivity index (χ4n) is 0.916. The summed E-state index contributed by atoms with van der Waals surface area (Å²) >= 11 is -0.107. The van der Waals surface area contributed by atoms with Gasteiger partial charge in [0.25, 0.3) is 0 Å². The molecule has 0 N–H and O–H groups in total. The zero-order chi connectivity index (χ0) is 9.26. The fourth-order valence-corrected chi connectivity index (χ4v) is 1.93. The van der Waals surface area contributed by atoms with Crippen LogP contribution in [0.3, 0.4) is 0 Å². The van der Waals surface area contributed by atoms with Crippen LogP contribution in [-0.4, -0.2) is 41.0 Å². The first-order chi connectivity index (χ1) is 6.31. The van der Waals surface area contributed by atoms with Gasteiger partial charge in [0, 0.05) is 0 Å². The van der Waals surface area contributed by atoms with Crippen molar-refractivity contribution in [1.29, 1.82) is 0 Å². The van der Waals surface area contributed by atoms with Crippen LogP contribution in [0.2, 0.25) is 0 Å². The molecule has 0 atom stereocenters. The average molecular weight is 242 g/mol. The van der Waals surface area contributed by atoms with Crippen molar-refractivity contribution < 1.29 is 9.53 Å². The summed E-state index contributed by atoms with van der Waals surface area (Å²) in [6.45, 7) is 0. The molecule has 2 rings (SSSR count). The van der Waals surface area contributed by atoms with Gasteiger partial charge in [0.1, 0.15) is 0 Å². The molecule has 0 bridgehead atoms. The second-order valence-electron chi connectivity index (χ2n) is 2.32. The van der Waals surface area contributed by atoms with Crippen LogP contribution in [0.5, 0.6) is 0 Å². The normalized spacial score (nSPS) is 10.2. The molecule has 0 aliphatic carbocycles. The van der Waals surface area contributed by atoms with E-state index in [1.165, 1.54) is 13.3 Å². The average Bonchev–Trinajstić information content (AvgIpc) is 2.63. The van der Waals surface area contributed by atoms with Gasteiger partial charge < -0.3 is 0 Å². The van der Waals surface area contributed by atoms with Gasteiger partial charge in [-0.1, -0.05) is 0 Å². The molecule has 0 fully saturated rings. The Morgan fingerprint density at radius 2 is 2.38 bits per heavy atom. The molecule has 0 spiro atoms. The topological polar surface area (TPSA) is 65.0 Å². The summed E-state index contributed by atoms with van der Waals surface area (Å²) in [6.07, 6.45) is 1.45. The van der Waals surface area contributed by atoms with E-state index in [2.05, 4.69) is 17.7 Å². The van der Waals surface area contributed by atoms with E-state index in [0.717, 1.165) is 0 Å². The Kier molecular flexibility index (Phi) is 2.08. The van der Waals surface area contributed by atoms with Crippen molar-refractivity contribution in [2.24, 2.45) is 0 Å². The van der Waals surface area contributed by atoms with E-state index >= 15 is 0 Å². The van der Waals surface area contributed by atoms with Gasteiger partial charge in [-0.25, -0.2) is 0 Å². The molecule has 2 aromatic rings. The van der Waals surface area contributed by atoms with Crippen molar-refractivity contribution in [1.82, 2.24) is 12.9 Å². The first-order valence-electron chi connectivity index (χ1n) is 3.48. The summed E-state index contributed by atoms with van der Waals surface area (Å²) in [5, 5.41) is 0.